The molecule has 3 aliphatic rings. The molecule has 0 bridgehead atoms. The molecule has 3 N–H and O–H groups in total. The maximum absolute atomic E-state index is 12.9. The zero-order chi connectivity index (χ0) is 26.7. The first-order chi connectivity index (χ1) is 18.2. The predicted molar refractivity (Wildman–Crippen MR) is 141 cm³/mol. The summed E-state index contributed by atoms with van der Waals surface area (Å²) in [6.45, 7) is 3.12. The molecule has 12 heteroatoms. The molecule has 4 heterocycles. The number of H-pyrrole nitrogens is 1. The van der Waals surface area contributed by atoms with Gasteiger partial charge in [0.25, 0.3) is 11.5 Å². The van der Waals surface area contributed by atoms with Crippen molar-refractivity contribution in [2.24, 2.45) is 4.99 Å². The van der Waals surface area contributed by atoms with E-state index in [-0.39, 0.29) is 17.4 Å². The van der Waals surface area contributed by atoms with Crippen LogP contribution < -0.4 is 25.8 Å². The Kier molecular flexibility index (Phi) is 7.35. The number of nitrogens with one attached hydrogen (secondary N) is 3. The quantitative estimate of drug-likeness (QED) is 0.478. The zero-order valence-corrected chi connectivity index (χ0v) is 20.7. The Morgan fingerprint density at radius 2 is 1.89 bits per heavy atom. The first-order valence-corrected chi connectivity index (χ1v) is 12.7. The summed E-state index contributed by atoms with van der Waals surface area (Å²) >= 11 is 0. The van der Waals surface area contributed by atoms with Crippen molar-refractivity contribution in [2.45, 2.75) is 37.9 Å². The van der Waals surface area contributed by atoms with Gasteiger partial charge in [-0.05, 0) is 69.1 Å². The molecule has 1 atom stereocenters. The molecule has 200 valence electrons. The molecule has 0 spiro atoms. The standard InChI is InChI=1S/C26H28F3N7O2/c27-26(28,29)16-32-25-31-14-22(34-25)18-12-21(24(38)30-13-18)33-23(37)17-5-7-19(8-6-17)36-11-3-4-20(36)15-35-9-1-2-10-35/h5-8,12-14,20H,1-4,9-11,15-16H2,(H2,30,31,32,33,34,37,38)/p+1. The number of carbonyl (C=O) groups is 1. The Morgan fingerprint density at radius 1 is 1.13 bits per heavy atom. The van der Waals surface area contributed by atoms with Crippen molar-refractivity contribution in [1.29, 1.82) is 0 Å². The lowest BCUT2D eigenvalue weighted by Gasteiger charge is -2.30. The molecule has 2 aromatic rings. The van der Waals surface area contributed by atoms with Crippen molar-refractivity contribution >= 4 is 35.2 Å². The van der Waals surface area contributed by atoms with Gasteiger partial charge in [0.2, 0.25) is 6.21 Å². The fourth-order valence-corrected chi connectivity index (χ4v) is 5.05. The lowest BCUT2D eigenvalue weighted by Crippen LogP contribution is -2.39. The summed E-state index contributed by atoms with van der Waals surface area (Å²) in [5.74, 6) is -0.634. The van der Waals surface area contributed by atoms with E-state index < -0.39 is 24.2 Å². The number of pyridine rings is 1. The minimum atomic E-state index is -4.40. The molecule has 5 rings (SSSR count). The summed E-state index contributed by atoms with van der Waals surface area (Å²) in [4.78, 5) is 36.7. The summed E-state index contributed by atoms with van der Waals surface area (Å²) in [5.41, 5.74) is 1.60. The maximum Gasteiger partial charge on any atom is 0.481 e. The van der Waals surface area contributed by atoms with Crippen LogP contribution in [0, 0.1) is 0 Å². The molecule has 3 aliphatic heterocycles. The minimum Gasteiger partial charge on any atom is -0.367 e. The fraction of sp³-hybridized carbons (Fsp3) is 0.423. The maximum atomic E-state index is 12.9. The van der Waals surface area contributed by atoms with Crippen LogP contribution in [0.5, 0.6) is 0 Å². The van der Waals surface area contributed by atoms with Crippen LogP contribution in [0.25, 0.3) is 0 Å². The highest BCUT2D eigenvalue weighted by molar-refractivity contribution is 6.42. The van der Waals surface area contributed by atoms with E-state index in [1.807, 2.05) is 12.1 Å². The van der Waals surface area contributed by atoms with Gasteiger partial charge in [-0.3, -0.25) is 14.9 Å². The Labute approximate surface area is 217 Å². The van der Waals surface area contributed by atoms with Crippen LogP contribution in [-0.4, -0.2) is 78.6 Å². The van der Waals surface area contributed by atoms with Crippen LogP contribution in [0.3, 0.4) is 0 Å². The topological polar surface area (TPSA) is 107 Å². The van der Waals surface area contributed by atoms with Gasteiger partial charge in [0.05, 0.1) is 0 Å². The number of aromatic amines is 1. The molecule has 1 unspecified atom stereocenters. The number of carbonyl (C=O) groups excluding carboxylic acids is 1. The van der Waals surface area contributed by atoms with Crippen LogP contribution in [0.15, 0.2) is 46.3 Å². The monoisotopic (exact) mass is 528 g/mol. The van der Waals surface area contributed by atoms with E-state index in [1.165, 1.54) is 31.3 Å². The highest BCUT2D eigenvalue weighted by Gasteiger charge is 2.32. The number of nitrogens with zero attached hydrogens (tertiary/aromatic N) is 4. The van der Waals surface area contributed by atoms with Gasteiger partial charge in [-0.25, -0.2) is 4.67 Å². The normalized spacial score (nSPS) is 19.6. The smallest absolute Gasteiger partial charge is 0.367 e. The Morgan fingerprint density at radius 3 is 2.63 bits per heavy atom. The van der Waals surface area contributed by atoms with E-state index >= 15 is 0 Å². The van der Waals surface area contributed by atoms with Crippen LogP contribution in [0.1, 0.15) is 41.6 Å². The SMILES string of the molecule is O=C(Nc1cc(C2=NC(NCC(F)(F)F)=[N+]=C2)c[nH]c1=O)c1ccc(N2CCCC2CN2CCCC2)cc1. The van der Waals surface area contributed by atoms with Crippen LogP contribution in [0.2, 0.25) is 0 Å². The number of amides is 1. The average Bonchev–Trinajstić information content (AvgIpc) is 3.67. The van der Waals surface area contributed by atoms with Gasteiger partial charge in [-0.15, -0.1) is 0 Å². The van der Waals surface area contributed by atoms with Crippen molar-refractivity contribution < 1.29 is 18.0 Å². The summed E-state index contributed by atoms with van der Waals surface area (Å²) in [7, 11) is 0. The van der Waals surface area contributed by atoms with Gasteiger partial charge in [-0.1, -0.05) is 4.99 Å². The Hall–Kier alpha value is -3.89. The van der Waals surface area contributed by atoms with Crippen molar-refractivity contribution in [1.82, 2.24) is 19.9 Å². The van der Waals surface area contributed by atoms with Gasteiger partial charge in [0.15, 0.2) is 12.3 Å². The lowest BCUT2D eigenvalue weighted by atomic mass is 10.1. The summed E-state index contributed by atoms with van der Waals surface area (Å²) < 4.78 is 41.1. The molecular weight excluding hydrogens is 499 g/mol. The Balaban J connectivity index is 1.23. The Bertz CT molecular complexity index is 1340. The third-order valence-electron chi connectivity index (χ3n) is 6.94. The van der Waals surface area contributed by atoms with E-state index in [0.29, 0.717) is 17.2 Å². The molecule has 1 aromatic heterocycles. The fourth-order valence-electron chi connectivity index (χ4n) is 5.05. The van der Waals surface area contributed by atoms with Gasteiger partial charge in [0.1, 0.15) is 5.69 Å². The largest absolute Gasteiger partial charge is 0.481 e. The number of hydrogen-bond acceptors (Lipinski definition) is 6. The second-order valence-corrected chi connectivity index (χ2v) is 9.68. The highest BCUT2D eigenvalue weighted by Crippen LogP contribution is 2.27. The number of halogens is 3. The van der Waals surface area contributed by atoms with Crippen LogP contribution in [0.4, 0.5) is 24.5 Å². The third-order valence-corrected chi connectivity index (χ3v) is 6.94. The summed E-state index contributed by atoms with van der Waals surface area (Å²) in [5, 5.41) is 4.72. The summed E-state index contributed by atoms with van der Waals surface area (Å²) in [6, 6.07) is 9.25. The highest BCUT2D eigenvalue weighted by atomic mass is 19.4. The second-order valence-electron chi connectivity index (χ2n) is 9.68. The molecule has 2 saturated heterocycles. The molecule has 2 fully saturated rings. The number of rotatable bonds is 7. The van der Waals surface area contributed by atoms with E-state index in [4.69, 9.17) is 0 Å². The van der Waals surface area contributed by atoms with Crippen molar-refractivity contribution in [3.8, 4) is 0 Å². The number of benzene rings is 1. The third kappa shape index (κ3) is 6.15. The van der Waals surface area contributed by atoms with E-state index in [0.717, 1.165) is 44.7 Å². The van der Waals surface area contributed by atoms with Crippen molar-refractivity contribution in [3.63, 3.8) is 0 Å². The van der Waals surface area contributed by atoms with E-state index in [2.05, 4.69) is 35.1 Å². The number of aromatic nitrogens is 1. The van der Waals surface area contributed by atoms with Gasteiger partial charge < -0.3 is 20.1 Å². The molecule has 0 radical (unpaired) electrons. The number of anilines is 2. The van der Waals surface area contributed by atoms with Crippen molar-refractivity contribution in [2.75, 3.05) is 42.9 Å². The number of likely N-dealkylation sites (tertiary alicyclic amines) is 1. The lowest BCUT2D eigenvalue weighted by molar-refractivity contribution is -0.122. The zero-order valence-electron chi connectivity index (χ0n) is 20.7. The number of alkyl halides is 3. The molecule has 0 saturated carbocycles. The van der Waals surface area contributed by atoms with Crippen molar-refractivity contribution in [3.05, 3.63) is 58.0 Å². The average molecular weight is 529 g/mol. The van der Waals surface area contributed by atoms with Gasteiger partial charge in [-0.2, -0.15) is 13.2 Å². The van der Waals surface area contributed by atoms with Gasteiger partial charge in [0, 0.05) is 42.1 Å². The van der Waals surface area contributed by atoms with Gasteiger partial charge >= 0.3 is 12.1 Å². The number of aliphatic imine (C=N–C) groups is 1. The number of guanidine groups is 1. The summed E-state index contributed by atoms with van der Waals surface area (Å²) in [6.07, 6.45) is 3.08. The number of hydrogen-bond donors (Lipinski definition) is 3. The first-order valence-electron chi connectivity index (χ1n) is 12.7. The van der Waals surface area contributed by atoms with E-state index in [1.54, 1.807) is 12.1 Å². The molecule has 0 aliphatic carbocycles. The van der Waals surface area contributed by atoms with E-state index in [9.17, 15) is 22.8 Å². The first kappa shape index (κ1) is 25.7. The molecule has 9 nitrogen and oxygen atoms in total. The molecule has 1 aromatic carbocycles. The van der Waals surface area contributed by atoms with Crippen LogP contribution >= 0.6 is 0 Å². The second kappa shape index (κ2) is 10.8. The predicted octanol–water partition coefficient (Wildman–Crippen LogP) is 2.14. The molecule has 1 amide bonds. The molecular formula is C26H29F3N7O2+. The molecule has 38 heavy (non-hydrogen) atoms. The minimum absolute atomic E-state index is 0.00500. The van der Waals surface area contributed by atoms with Crippen LogP contribution in [-0.2, 0) is 0 Å².